The van der Waals surface area contributed by atoms with Crippen LogP contribution in [0.2, 0.25) is 5.02 Å². The van der Waals surface area contributed by atoms with Crippen LogP contribution in [0.1, 0.15) is 24.8 Å². The Morgan fingerprint density at radius 1 is 1.07 bits per heavy atom. The van der Waals surface area contributed by atoms with E-state index < -0.39 is 0 Å². The molecule has 216 valence electrons. The van der Waals surface area contributed by atoms with E-state index in [2.05, 4.69) is 20.2 Å². The highest BCUT2D eigenvalue weighted by atomic mass is 35.5. The molecule has 1 N–H and O–H groups in total. The van der Waals surface area contributed by atoms with E-state index >= 15 is 0 Å². The van der Waals surface area contributed by atoms with Crippen LogP contribution in [0.5, 0.6) is 11.5 Å². The monoisotopic (exact) mass is 587 g/mol. The van der Waals surface area contributed by atoms with Crippen molar-refractivity contribution in [3.05, 3.63) is 89.5 Å². The molecule has 3 heterocycles. The third kappa shape index (κ3) is 6.48. The van der Waals surface area contributed by atoms with Crippen LogP contribution in [0.3, 0.4) is 0 Å². The Kier molecular flexibility index (Phi) is 8.48. The number of rotatable bonds is 8. The van der Waals surface area contributed by atoms with Crippen molar-refractivity contribution in [3.63, 3.8) is 0 Å². The minimum Gasteiger partial charge on any atom is -0.491 e. The molecule has 1 saturated heterocycles. The molecule has 0 bridgehead atoms. The van der Waals surface area contributed by atoms with E-state index in [-0.39, 0.29) is 18.3 Å². The van der Waals surface area contributed by atoms with Crippen molar-refractivity contribution in [2.24, 2.45) is 0 Å². The lowest BCUT2D eigenvalue weighted by Crippen LogP contribution is -2.30. The second-order valence-corrected chi connectivity index (χ2v) is 10.8. The van der Waals surface area contributed by atoms with E-state index in [9.17, 15) is 9.18 Å². The van der Waals surface area contributed by atoms with E-state index in [4.69, 9.17) is 21.1 Å². The zero-order valence-electron chi connectivity index (χ0n) is 23.1. The summed E-state index contributed by atoms with van der Waals surface area (Å²) in [7, 11) is 0. The summed E-state index contributed by atoms with van der Waals surface area (Å²) in [4.78, 5) is 26.3. The Morgan fingerprint density at radius 2 is 1.95 bits per heavy atom. The molecule has 0 spiro atoms. The van der Waals surface area contributed by atoms with Crippen LogP contribution in [0.4, 0.5) is 21.6 Å². The normalized spacial score (nSPS) is 15.4. The van der Waals surface area contributed by atoms with Crippen molar-refractivity contribution in [2.75, 3.05) is 43.0 Å². The lowest BCUT2D eigenvalue weighted by Gasteiger charge is -2.21. The molecule has 0 unspecified atom stereocenters. The predicted molar refractivity (Wildman–Crippen MR) is 162 cm³/mol. The Bertz CT molecular complexity index is 1630. The molecule has 4 aromatic rings. The fourth-order valence-electron chi connectivity index (χ4n) is 5.23. The van der Waals surface area contributed by atoms with E-state index in [1.165, 1.54) is 31.3 Å². The molecule has 1 aromatic heterocycles. The molecule has 42 heavy (non-hydrogen) atoms. The number of fused-ring (bicyclic) bond motifs is 2. The lowest BCUT2D eigenvalue weighted by molar-refractivity contribution is -0.114. The summed E-state index contributed by atoms with van der Waals surface area (Å²) in [6, 6.07) is 15.3. The number of carbonyl (C=O) groups is 1. The number of nitrogens with one attached hydrogen (secondary N) is 1. The first kappa shape index (κ1) is 27.9. The van der Waals surface area contributed by atoms with Gasteiger partial charge in [-0.3, -0.25) is 9.69 Å². The maximum absolute atomic E-state index is 13.5. The highest BCUT2D eigenvalue weighted by Crippen LogP contribution is 2.38. The summed E-state index contributed by atoms with van der Waals surface area (Å²) in [5.41, 5.74) is 2.78. The van der Waals surface area contributed by atoms with E-state index in [1.54, 1.807) is 35.2 Å². The molecule has 0 atom stereocenters. The van der Waals surface area contributed by atoms with Crippen LogP contribution in [0.15, 0.2) is 73.1 Å². The van der Waals surface area contributed by atoms with Gasteiger partial charge in [-0.25, -0.2) is 14.4 Å². The highest BCUT2D eigenvalue weighted by molar-refractivity contribution is 6.32. The fourth-order valence-corrected chi connectivity index (χ4v) is 5.47. The van der Waals surface area contributed by atoms with Gasteiger partial charge in [-0.2, -0.15) is 0 Å². The second kappa shape index (κ2) is 12.8. The average molecular weight is 588 g/mol. The molecule has 3 aromatic carbocycles. The smallest absolute Gasteiger partial charge is 0.250 e. The van der Waals surface area contributed by atoms with Gasteiger partial charge in [0.2, 0.25) is 0 Å². The van der Waals surface area contributed by atoms with Gasteiger partial charge in [-0.05, 0) is 74.3 Å². The first-order valence-electron chi connectivity index (χ1n) is 14.1. The van der Waals surface area contributed by atoms with Crippen molar-refractivity contribution < 1.29 is 18.7 Å². The third-order valence-corrected chi connectivity index (χ3v) is 7.65. The van der Waals surface area contributed by atoms with Gasteiger partial charge in [0.25, 0.3) is 5.91 Å². The molecule has 0 saturated carbocycles. The number of likely N-dealkylation sites (tertiary alicyclic amines) is 1. The quantitative estimate of drug-likeness (QED) is 0.235. The molecule has 10 heteroatoms. The molecule has 0 radical (unpaired) electrons. The topological polar surface area (TPSA) is 79.8 Å². The minimum absolute atomic E-state index is 0.0766. The van der Waals surface area contributed by atoms with Gasteiger partial charge in [-0.1, -0.05) is 29.8 Å². The van der Waals surface area contributed by atoms with Crippen molar-refractivity contribution >= 4 is 45.6 Å². The molecule has 2 aliphatic heterocycles. The number of aromatic nitrogens is 2. The summed E-state index contributed by atoms with van der Waals surface area (Å²) in [5, 5.41) is 4.46. The van der Waals surface area contributed by atoms with Crippen LogP contribution in [0.25, 0.3) is 10.9 Å². The van der Waals surface area contributed by atoms with Crippen LogP contribution >= 0.6 is 11.6 Å². The maximum atomic E-state index is 13.5. The molecular weight excluding hydrogens is 557 g/mol. The SMILES string of the molecule is O=C(/C=C/CN1CCCC1)N1CCCOc2cc3ncnc(Nc4ccc(OCc5cccc(F)c5)c(Cl)c4)c3cc21. The molecule has 1 fully saturated rings. The Hall–Kier alpha value is -4.21. The largest absolute Gasteiger partial charge is 0.491 e. The first-order valence-corrected chi connectivity index (χ1v) is 14.5. The van der Waals surface area contributed by atoms with Crippen molar-refractivity contribution in [1.29, 1.82) is 0 Å². The lowest BCUT2D eigenvalue weighted by atomic mass is 10.1. The van der Waals surface area contributed by atoms with Gasteiger partial charge in [-0.15, -0.1) is 0 Å². The number of halogens is 2. The summed E-state index contributed by atoms with van der Waals surface area (Å²) >= 11 is 6.52. The number of carbonyl (C=O) groups excluding carboxylic acids is 1. The van der Waals surface area contributed by atoms with Gasteiger partial charge < -0.3 is 19.7 Å². The Balaban J connectivity index is 1.22. The van der Waals surface area contributed by atoms with Crippen LogP contribution < -0.4 is 19.7 Å². The Labute approximate surface area is 248 Å². The number of hydrogen-bond acceptors (Lipinski definition) is 7. The molecule has 6 rings (SSSR count). The molecule has 1 amide bonds. The molecule has 2 aliphatic rings. The maximum Gasteiger partial charge on any atom is 0.250 e. The number of anilines is 3. The average Bonchev–Trinajstić information content (AvgIpc) is 3.42. The number of amides is 1. The number of benzene rings is 3. The predicted octanol–water partition coefficient (Wildman–Crippen LogP) is 6.51. The summed E-state index contributed by atoms with van der Waals surface area (Å²) < 4.78 is 25.3. The van der Waals surface area contributed by atoms with Crippen LogP contribution in [-0.2, 0) is 11.4 Å². The zero-order valence-corrected chi connectivity index (χ0v) is 23.8. The van der Waals surface area contributed by atoms with Crippen molar-refractivity contribution in [1.82, 2.24) is 14.9 Å². The van der Waals surface area contributed by atoms with E-state index in [0.717, 1.165) is 31.4 Å². The second-order valence-electron chi connectivity index (χ2n) is 10.4. The highest BCUT2D eigenvalue weighted by Gasteiger charge is 2.23. The minimum atomic E-state index is -0.316. The molecular formula is C32H31ClFN5O3. The zero-order chi connectivity index (χ0) is 28.9. The van der Waals surface area contributed by atoms with Crippen LogP contribution in [-0.4, -0.2) is 53.6 Å². The Morgan fingerprint density at radius 3 is 2.79 bits per heavy atom. The number of ether oxygens (including phenoxy) is 2. The number of hydrogen-bond donors (Lipinski definition) is 1. The van der Waals surface area contributed by atoms with Crippen LogP contribution in [0, 0.1) is 5.82 Å². The van der Waals surface area contributed by atoms with Crippen molar-refractivity contribution in [3.8, 4) is 11.5 Å². The molecule has 8 nitrogen and oxygen atoms in total. The van der Waals surface area contributed by atoms with Gasteiger partial charge >= 0.3 is 0 Å². The van der Waals surface area contributed by atoms with Gasteiger partial charge in [0.1, 0.15) is 36.1 Å². The summed E-state index contributed by atoms with van der Waals surface area (Å²) in [6.45, 7) is 4.19. The van der Waals surface area contributed by atoms with E-state index in [0.29, 0.717) is 57.9 Å². The van der Waals surface area contributed by atoms with Gasteiger partial charge in [0.05, 0.1) is 22.8 Å². The molecule has 0 aliphatic carbocycles. The summed E-state index contributed by atoms with van der Waals surface area (Å²) in [5.74, 6) is 1.27. The van der Waals surface area contributed by atoms with Crippen molar-refractivity contribution in [2.45, 2.75) is 25.9 Å². The number of nitrogens with zero attached hydrogens (tertiary/aromatic N) is 4. The standard InChI is InChI=1S/C32H31ClFN5O3/c33-26-17-24(9-10-29(26)42-20-22-6-3-7-23(34)16-22)37-32-25-18-28-30(19-27(25)35-21-36-32)41-15-5-14-39(28)31(40)8-4-13-38-11-1-2-12-38/h3-4,6-10,16-19,21H,1-2,5,11-15,20H2,(H,35,36,37)/b8-4+. The summed E-state index contributed by atoms with van der Waals surface area (Å²) in [6.07, 6.45) is 8.24. The van der Waals surface area contributed by atoms with Gasteiger partial charge in [0, 0.05) is 36.3 Å². The third-order valence-electron chi connectivity index (χ3n) is 7.36. The van der Waals surface area contributed by atoms with Gasteiger partial charge in [0.15, 0.2) is 0 Å². The first-order chi connectivity index (χ1) is 20.5. The van der Waals surface area contributed by atoms with E-state index in [1.807, 2.05) is 24.3 Å². The fraction of sp³-hybridized carbons (Fsp3) is 0.281.